The first-order valence-electron chi connectivity index (χ1n) is 5.43. The zero-order chi connectivity index (χ0) is 10.5. The summed E-state index contributed by atoms with van der Waals surface area (Å²) in [4.78, 5) is 3.85. The van der Waals surface area contributed by atoms with Gasteiger partial charge in [0.25, 0.3) is 0 Å². The molecule has 2 rings (SSSR count). The Morgan fingerprint density at radius 3 is 2.87 bits per heavy atom. The van der Waals surface area contributed by atoms with Gasteiger partial charge in [0.15, 0.2) is 0 Å². The van der Waals surface area contributed by atoms with Crippen molar-refractivity contribution in [1.82, 2.24) is 4.90 Å². The summed E-state index contributed by atoms with van der Waals surface area (Å²) in [5.41, 5.74) is 5.83. The molecule has 1 aliphatic heterocycles. The van der Waals surface area contributed by atoms with Gasteiger partial charge < -0.3 is 10.5 Å². The lowest BCUT2D eigenvalue weighted by Crippen LogP contribution is -2.40. The average Bonchev–Trinajstić information content (AvgIpc) is 2.81. The van der Waals surface area contributed by atoms with Crippen LogP contribution in [0.4, 0.5) is 0 Å². The number of nitrogens with two attached hydrogens (primary N) is 1. The van der Waals surface area contributed by atoms with Gasteiger partial charge >= 0.3 is 0 Å². The SMILES string of the molecule is NCC(CN1CCOCC1)c1cccs1. The van der Waals surface area contributed by atoms with E-state index in [-0.39, 0.29) is 0 Å². The van der Waals surface area contributed by atoms with E-state index >= 15 is 0 Å². The molecular weight excluding hydrogens is 208 g/mol. The van der Waals surface area contributed by atoms with E-state index in [0.717, 1.165) is 39.4 Å². The van der Waals surface area contributed by atoms with E-state index in [1.807, 2.05) is 0 Å². The van der Waals surface area contributed by atoms with Crippen LogP contribution in [0.5, 0.6) is 0 Å². The second-order valence-electron chi connectivity index (χ2n) is 3.86. The highest BCUT2D eigenvalue weighted by atomic mass is 32.1. The van der Waals surface area contributed by atoms with Crippen LogP contribution in [0.3, 0.4) is 0 Å². The van der Waals surface area contributed by atoms with Crippen LogP contribution < -0.4 is 5.73 Å². The summed E-state index contributed by atoms with van der Waals surface area (Å²) in [6, 6.07) is 4.28. The van der Waals surface area contributed by atoms with E-state index in [9.17, 15) is 0 Å². The normalized spacial score (nSPS) is 20.3. The molecule has 1 saturated heterocycles. The molecule has 15 heavy (non-hydrogen) atoms. The molecule has 0 aromatic carbocycles. The molecule has 4 heteroatoms. The molecule has 2 N–H and O–H groups in total. The van der Waals surface area contributed by atoms with E-state index in [2.05, 4.69) is 22.4 Å². The number of hydrogen-bond acceptors (Lipinski definition) is 4. The zero-order valence-electron chi connectivity index (χ0n) is 8.89. The van der Waals surface area contributed by atoms with Gasteiger partial charge in [-0.2, -0.15) is 0 Å². The van der Waals surface area contributed by atoms with E-state index in [1.165, 1.54) is 4.88 Å². The molecule has 0 radical (unpaired) electrons. The number of nitrogens with zero attached hydrogens (tertiary/aromatic N) is 1. The van der Waals surface area contributed by atoms with E-state index in [1.54, 1.807) is 11.3 Å². The van der Waals surface area contributed by atoms with Gasteiger partial charge in [-0.05, 0) is 11.4 Å². The predicted molar refractivity (Wildman–Crippen MR) is 63.4 cm³/mol. The van der Waals surface area contributed by atoms with Crippen LogP contribution in [0.2, 0.25) is 0 Å². The minimum absolute atomic E-state index is 0.489. The lowest BCUT2D eigenvalue weighted by Gasteiger charge is -2.29. The molecule has 0 amide bonds. The van der Waals surface area contributed by atoms with Crippen LogP contribution in [-0.4, -0.2) is 44.3 Å². The molecule has 0 saturated carbocycles. The first-order chi connectivity index (χ1) is 7.40. The molecule has 3 nitrogen and oxygen atoms in total. The van der Waals surface area contributed by atoms with Gasteiger partial charge in [-0.15, -0.1) is 11.3 Å². The minimum atomic E-state index is 0.489. The third-order valence-corrected chi connectivity index (χ3v) is 3.85. The summed E-state index contributed by atoms with van der Waals surface area (Å²) >= 11 is 1.81. The Kier molecular flexibility index (Phi) is 4.14. The highest BCUT2D eigenvalue weighted by Crippen LogP contribution is 2.21. The smallest absolute Gasteiger partial charge is 0.0594 e. The van der Waals surface area contributed by atoms with Crippen LogP contribution in [0, 0.1) is 0 Å². The van der Waals surface area contributed by atoms with Crippen molar-refractivity contribution in [3.8, 4) is 0 Å². The fraction of sp³-hybridized carbons (Fsp3) is 0.636. The summed E-state index contributed by atoms with van der Waals surface area (Å²) < 4.78 is 5.34. The second-order valence-corrected chi connectivity index (χ2v) is 4.84. The summed E-state index contributed by atoms with van der Waals surface area (Å²) in [6.45, 7) is 5.62. The van der Waals surface area contributed by atoms with Crippen LogP contribution in [0.15, 0.2) is 17.5 Å². The molecule has 1 unspecified atom stereocenters. The first kappa shape index (κ1) is 11.1. The van der Waals surface area contributed by atoms with Crippen molar-refractivity contribution in [2.75, 3.05) is 39.4 Å². The van der Waals surface area contributed by atoms with E-state index in [4.69, 9.17) is 10.5 Å². The quantitative estimate of drug-likeness (QED) is 0.836. The Labute approximate surface area is 94.8 Å². The standard InChI is InChI=1S/C11H18N2OS/c12-8-10(11-2-1-7-15-11)9-13-3-5-14-6-4-13/h1-2,7,10H,3-6,8-9,12H2. The largest absolute Gasteiger partial charge is 0.379 e. The average molecular weight is 226 g/mol. The van der Waals surface area contributed by atoms with Crippen molar-refractivity contribution in [1.29, 1.82) is 0 Å². The molecule has 1 aliphatic rings. The minimum Gasteiger partial charge on any atom is -0.379 e. The van der Waals surface area contributed by atoms with Crippen molar-refractivity contribution < 1.29 is 4.74 Å². The highest BCUT2D eigenvalue weighted by molar-refractivity contribution is 7.10. The van der Waals surface area contributed by atoms with Crippen molar-refractivity contribution in [2.24, 2.45) is 5.73 Å². The lowest BCUT2D eigenvalue weighted by atomic mass is 10.1. The molecule has 1 atom stereocenters. The van der Waals surface area contributed by atoms with Crippen LogP contribution >= 0.6 is 11.3 Å². The Morgan fingerprint density at radius 1 is 1.47 bits per heavy atom. The van der Waals surface area contributed by atoms with Crippen LogP contribution in [0.25, 0.3) is 0 Å². The van der Waals surface area contributed by atoms with Gasteiger partial charge in [0.2, 0.25) is 0 Å². The molecule has 84 valence electrons. The molecular formula is C11H18N2OS. The number of hydrogen-bond donors (Lipinski definition) is 1. The Balaban J connectivity index is 1.90. The van der Waals surface area contributed by atoms with Crippen molar-refractivity contribution in [3.05, 3.63) is 22.4 Å². The van der Waals surface area contributed by atoms with Crippen molar-refractivity contribution in [2.45, 2.75) is 5.92 Å². The Hall–Kier alpha value is -0.420. The summed E-state index contributed by atoms with van der Waals surface area (Å²) in [7, 11) is 0. The molecule has 0 bridgehead atoms. The maximum Gasteiger partial charge on any atom is 0.0594 e. The monoisotopic (exact) mass is 226 g/mol. The Bertz CT molecular complexity index is 270. The van der Waals surface area contributed by atoms with Crippen molar-refractivity contribution >= 4 is 11.3 Å². The lowest BCUT2D eigenvalue weighted by molar-refractivity contribution is 0.0355. The Morgan fingerprint density at radius 2 is 2.27 bits per heavy atom. The number of rotatable bonds is 4. The highest BCUT2D eigenvalue weighted by Gasteiger charge is 2.17. The van der Waals surface area contributed by atoms with Gasteiger partial charge in [-0.3, -0.25) is 4.90 Å². The first-order valence-corrected chi connectivity index (χ1v) is 6.31. The molecule has 0 spiro atoms. The van der Waals surface area contributed by atoms with Gasteiger partial charge in [-0.1, -0.05) is 6.07 Å². The summed E-state index contributed by atoms with van der Waals surface area (Å²) in [5.74, 6) is 0.489. The van der Waals surface area contributed by atoms with Gasteiger partial charge in [0.1, 0.15) is 0 Å². The maximum absolute atomic E-state index is 5.83. The molecule has 0 aliphatic carbocycles. The van der Waals surface area contributed by atoms with Gasteiger partial charge in [-0.25, -0.2) is 0 Å². The molecule has 1 aromatic heterocycles. The number of ether oxygens (including phenoxy) is 1. The third-order valence-electron chi connectivity index (χ3n) is 2.81. The fourth-order valence-corrected chi connectivity index (χ4v) is 2.73. The van der Waals surface area contributed by atoms with Crippen LogP contribution in [0.1, 0.15) is 10.8 Å². The topological polar surface area (TPSA) is 38.5 Å². The fourth-order valence-electron chi connectivity index (χ4n) is 1.90. The number of morpholine rings is 1. The van der Waals surface area contributed by atoms with Gasteiger partial charge in [0.05, 0.1) is 13.2 Å². The maximum atomic E-state index is 5.83. The third kappa shape index (κ3) is 3.01. The predicted octanol–water partition coefficient (Wildman–Crippen LogP) is 1.12. The summed E-state index contributed by atoms with van der Waals surface area (Å²) in [6.07, 6.45) is 0. The summed E-state index contributed by atoms with van der Waals surface area (Å²) in [5, 5.41) is 2.12. The number of thiophene rings is 1. The molecule has 1 fully saturated rings. The van der Waals surface area contributed by atoms with Crippen molar-refractivity contribution in [3.63, 3.8) is 0 Å². The molecule has 2 heterocycles. The molecule has 1 aromatic rings. The van der Waals surface area contributed by atoms with E-state index in [0.29, 0.717) is 5.92 Å². The van der Waals surface area contributed by atoms with Crippen LogP contribution in [-0.2, 0) is 4.74 Å². The van der Waals surface area contributed by atoms with Gasteiger partial charge in [0, 0.05) is 37.0 Å². The second kappa shape index (κ2) is 5.61. The van der Waals surface area contributed by atoms with E-state index < -0.39 is 0 Å². The zero-order valence-corrected chi connectivity index (χ0v) is 9.71.